The summed E-state index contributed by atoms with van der Waals surface area (Å²) in [6, 6.07) is 6.02. The van der Waals surface area contributed by atoms with Crippen LogP contribution in [0.2, 0.25) is 0 Å². The Morgan fingerprint density at radius 3 is 3.33 bits per heavy atom. The Labute approximate surface area is 105 Å². The normalized spacial score (nSPS) is 20.5. The average molecular weight is 248 g/mol. The highest BCUT2D eigenvalue weighted by Crippen LogP contribution is 2.18. The van der Waals surface area contributed by atoms with Crippen LogP contribution in [0.1, 0.15) is 0 Å². The van der Waals surface area contributed by atoms with Crippen LogP contribution in [-0.4, -0.2) is 54.1 Å². The van der Waals surface area contributed by atoms with Gasteiger partial charge < -0.3 is 14.4 Å². The third-order valence-corrected chi connectivity index (χ3v) is 3.13. The first kappa shape index (κ1) is 11.4. The van der Waals surface area contributed by atoms with Crippen LogP contribution < -0.4 is 4.90 Å². The molecule has 0 N–H and O–H groups in total. The van der Waals surface area contributed by atoms with Gasteiger partial charge in [0.1, 0.15) is 12.1 Å². The van der Waals surface area contributed by atoms with E-state index in [1.807, 2.05) is 16.5 Å². The number of fused-ring (bicyclic) bond motifs is 1. The largest absolute Gasteiger partial charge is 0.382 e. The van der Waals surface area contributed by atoms with Gasteiger partial charge in [-0.3, -0.25) is 4.40 Å². The standard InChI is InChI=1S/C12H16N4O2/c1-17-8-10-7-15(5-6-18-10)12-4-2-3-11-14-13-9-16(11)12/h2-4,9-10H,5-8H2,1H3/t10-/m0/s1. The van der Waals surface area contributed by atoms with E-state index >= 15 is 0 Å². The van der Waals surface area contributed by atoms with E-state index in [1.165, 1.54) is 0 Å². The zero-order valence-electron chi connectivity index (χ0n) is 10.3. The Kier molecular flexibility index (Phi) is 3.12. The molecule has 0 radical (unpaired) electrons. The molecule has 0 bridgehead atoms. The molecular weight excluding hydrogens is 232 g/mol. The van der Waals surface area contributed by atoms with Gasteiger partial charge in [0.05, 0.1) is 19.3 Å². The Morgan fingerprint density at radius 2 is 2.44 bits per heavy atom. The number of hydrogen-bond acceptors (Lipinski definition) is 5. The van der Waals surface area contributed by atoms with Crippen molar-refractivity contribution in [3.8, 4) is 0 Å². The van der Waals surface area contributed by atoms with Crippen molar-refractivity contribution in [2.45, 2.75) is 6.10 Å². The third kappa shape index (κ3) is 2.04. The van der Waals surface area contributed by atoms with Crippen LogP contribution in [0.5, 0.6) is 0 Å². The van der Waals surface area contributed by atoms with Crippen molar-refractivity contribution >= 4 is 11.5 Å². The molecule has 0 aromatic carbocycles. The Hall–Kier alpha value is -1.66. The lowest BCUT2D eigenvalue weighted by atomic mass is 10.2. The van der Waals surface area contributed by atoms with Crippen LogP contribution in [0.4, 0.5) is 5.82 Å². The minimum Gasteiger partial charge on any atom is -0.382 e. The first-order valence-electron chi connectivity index (χ1n) is 6.03. The maximum atomic E-state index is 5.66. The monoisotopic (exact) mass is 248 g/mol. The molecule has 1 atom stereocenters. The van der Waals surface area contributed by atoms with Gasteiger partial charge in [-0.15, -0.1) is 10.2 Å². The van der Waals surface area contributed by atoms with Crippen molar-refractivity contribution < 1.29 is 9.47 Å². The predicted molar refractivity (Wildman–Crippen MR) is 66.8 cm³/mol. The molecule has 6 heteroatoms. The fourth-order valence-corrected chi connectivity index (χ4v) is 2.31. The molecule has 1 aliphatic rings. The maximum absolute atomic E-state index is 5.66. The van der Waals surface area contributed by atoms with E-state index in [-0.39, 0.29) is 6.10 Å². The summed E-state index contributed by atoms with van der Waals surface area (Å²) in [6.45, 7) is 3.03. The van der Waals surface area contributed by atoms with E-state index in [0.29, 0.717) is 13.2 Å². The second-order valence-corrected chi connectivity index (χ2v) is 4.34. The first-order valence-corrected chi connectivity index (χ1v) is 6.03. The minimum atomic E-state index is 0.121. The fraction of sp³-hybridized carbons (Fsp3) is 0.500. The third-order valence-electron chi connectivity index (χ3n) is 3.13. The molecule has 0 aliphatic carbocycles. The van der Waals surface area contributed by atoms with Crippen LogP contribution in [0.3, 0.4) is 0 Å². The summed E-state index contributed by atoms with van der Waals surface area (Å²) in [5.41, 5.74) is 0.863. The number of rotatable bonds is 3. The second-order valence-electron chi connectivity index (χ2n) is 4.34. The SMILES string of the molecule is COC[C@@H]1CN(c2cccc3nncn23)CCO1. The molecular formula is C12H16N4O2. The van der Waals surface area contributed by atoms with Crippen molar-refractivity contribution in [2.75, 3.05) is 38.3 Å². The Morgan fingerprint density at radius 1 is 1.50 bits per heavy atom. The lowest BCUT2D eigenvalue weighted by Gasteiger charge is -2.34. The van der Waals surface area contributed by atoms with E-state index in [9.17, 15) is 0 Å². The van der Waals surface area contributed by atoms with E-state index in [1.54, 1.807) is 13.4 Å². The van der Waals surface area contributed by atoms with E-state index in [4.69, 9.17) is 9.47 Å². The van der Waals surface area contributed by atoms with Crippen molar-refractivity contribution in [3.63, 3.8) is 0 Å². The molecule has 2 aromatic rings. The summed E-state index contributed by atoms with van der Waals surface area (Å²) in [6.07, 6.45) is 1.86. The van der Waals surface area contributed by atoms with Gasteiger partial charge in [-0.2, -0.15) is 0 Å². The van der Waals surface area contributed by atoms with Crippen LogP contribution in [0, 0.1) is 0 Å². The summed E-state index contributed by atoms with van der Waals surface area (Å²) < 4.78 is 12.8. The number of hydrogen-bond donors (Lipinski definition) is 0. The van der Waals surface area contributed by atoms with Gasteiger partial charge in [0.25, 0.3) is 0 Å². The number of ether oxygens (including phenoxy) is 2. The topological polar surface area (TPSA) is 51.9 Å². The molecule has 1 fully saturated rings. The summed E-state index contributed by atoms with van der Waals surface area (Å²) in [5, 5.41) is 8.00. The Bertz CT molecular complexity index is 526. The molecule has 1 aliphatic heterocycles. The predicted octanol–water partition coefficient (Wildman–Crippen LogP) is 0.581. The number of methoxy groups -OCH3 is 1. The van der Waals surface area contributed by atoms with E-state index < -0.39 is 0 Å². The molecule has 0 amide bonds. The molecule has 6 nitrogen and oxygen atoms in total. The summed E-state index contributed by atoms with van der Waals surface area (Å²) in [5.74, 6) is 1.10. The minimum absolute atomic E-state index is 0.121. The molecule has 0 unspecified atom stereocenters. The molecule has 0 saturated carbocycles. The number of morpholine rings is 1. The lowest BCUT2D eigenvalue weighted by molar-refractivity contribution is -0.0102. The molecule has 18 heavy (non-hydrogen) atoms. The van der Waals surface area contributed by atoms with E-state index in [2.05, 4.69) is 21.2 Å². The van der Waals surface area contributed by atoms with Crippen LogP contribution in [0.15, 0.2) is 24.5 Å². The van der Waals surface area contributed by atoms with E-state index in [0.717, 1.165) is 24.6 Å². The molecule has 3 heterocycles. The molecule has 3 rings (SSSR count). The quantitative estimate of drug-likeness (QED) is 0.795. The van der Waals surface area contributed by atoms with Gasteiger partial charge in [0.2, 0.25) is 0 Å². The molecule has 0 spiro atoms. The highest BCUT2D eigenvalue weighted by atomic mass is 16.5. The highest BCUT2D eigenvalue weighted by molar-refractivity contribution is 5.50. The van der Waals surface area contributed by atoms with Gasteiger partial charge in [0.15, 0.2) is 5.65 Å². The molecule has 1 saturated heterocycles. The zero-order chi connectivity index (χ0) is 12.4. The van der Waals surface area contributed by atoms with Crippen LogP contribution in [0.25, 0.3) is 5.65 Å². The van der Waals surface area contributed by atoms with Crippen molar-refractivity contribution in [1.29, 1.82) is 0 Å². The van der Waals surface area contributed by atoms with Crippen LogP contribution in [-0.2, 0) is 9.47 Å². The van der Waals surface area contributed by atoms with Gasteiger partial charge in [-0.05, 0) is 12.1 Å². The first-order chi connectivity index (χ1) is 8.88. The Balaban J connectivity index is 1.87. The summed E-state index contributed by atoms with van der Waals surface area (Å²) >= 11 is 0. The fourth-order valence-electron chi connectivity index (χ4n) is 2.31. The summed E-state index contributed by atoms with van der Waals surface area (Å²) in [7, 11) is 1.70. The second kappa shape index (κ2) is 4.91. The highest BCUT2D eigenvalue weighted by Gasteiger charge is 2.22. The van der Waals surface area contributed by atoms with Crippen molar-refractivity contribution in [3.05, 3.63) is 24.5 Å². The number of nitrogens with zero attached hydrogens (tertiary/aromatic N) is 4. The summed E-state index contributed by atoms with van der Waals surface area (Å²) in [4.78, 5) is 2.28. The maximum Gasteiger partial charge on any atom is 0.162 e. The smallest absolute Gasteiger partial charge is 0.162 e. The zero-order valence-corrected chi connectivity index (χ0v) is 10.3. The average Bonchev–Trinajstić information content (AvgIpc) is 2.87. The van der Waals surface area contributed by atoms with Gasteiger partial charge >= 0.3 is 0 Å². The van der Waals surface area contributed by atoms with Gasteiger partial charge in [0, 0.05) is 20.2 Å². The molecule has 96 valence electrons. The number of anilines is 1. The molecule has 2 aromatic heterocycles. The van der Waals surface area contributed by atoms with Crippen LogP contribution >= 0.6 is 0 Å². The van der Waals surface area contributed by atoms with Gasteiger partial charge in [-0.25, -0.2) is 0 Å². The lowest BCUT2D eigenvalue weighted by Crippen LogP contribution is -2.45. The number of aromatic nitrogens is 3. The van der Waals surface area contributed by atoms with Crippen molar-refractivity contribution in [2.24, 2.45) is 0 Å². The number of pyridine rings is 1. The van der Waals surface area contributed by atoms with Gasteiger partial charge in [-0.1, -0.05) is 6.07 Å². The van der Waals surface area contributed by atoms with Crippen molar-refractivity contribution in [1.82, 2.24) is 14.6 Å².